The van der Waals surface area contributed by atoms with Crippen LogP contribution in [0.25, 0.3) is 0 Å². The van der Waals surface area contributed by atoms with Crippen LogP contribution in [0.15, 0.2) is 24.3 Å². The fourth-order valence-corrected chi connectivity index (χ4v) is 1.10. The molecule has 0 spiro atoms. The molecule has 1 aromatic carbocycles. The van der Waals surface area contributed by atoms with Gasteiger partial charge >= 0.3 is 0 Å². The van der Waals surface area contributed by atoms with Crippen LogP contribution in [-0.2, 0) is 0 Å². The first-order valence-electron chi connectivity index (χ1n) is 2.48. The highest BCUT2D eigenvalue weighted by atomic mass is 127. The maximum absolute atomic E-state index is 8.41. The smallest absolute Gasteiger partial charge is 0.0612 e. The van der Waals surface area contributed by atoms with Crippen LogP contribution in [-0.4, -0.2) is 5.21 Å². The van der Waals surface area contributed by atoms with E-state index in [9.17, 15) is 0 Å². The Morgan fingerprint density at radius 2 is 2.22 bits per heavy atom. The van der Waals surface area contributed by atoms with Gasteiger partial charge in [0.15, 0.2) is 0 Å². The van der Waals surface area contributed by atoms with Crippen molar-refractivity contribution in [2.45, 2.75) is 0 Å². The van der Waals surface area contributed by atoms with E-state index in [1.807, 2.05) is 18.2 Å². The molecule has 0 aliphatic carbocycles. The van der Waals surface area contributed by atoms with E-state index in [1.54, 1.807) is 6.07 Å². The van der Waals surface area contributed by atoms with E-state index < -0.39 is 0 Å². The van der Waals surface area contributed by atoms with Gasteiger partial charge in [-0.3, -0.25) is 10.7 Å². The third kappa shape index (κ3) is 1.83. The number of hydrogen-bond acceptors (Lipinski definition) is 2. The Morgan fingerprint density at radius 1 is 1.44 bits per heavy atom. The Bertz CT molecular complexity index is 202. The minimum Gasteiger partial charge on any atom is -0.291 e. The van der Waals surface area contributed by atoms with Gasteiger partial charge in [0.1, 0.15) is 0 Å². The lowest BCUT2D eigenvalue weighted by molar-refractivity contribution is 0.389. The first-order valence-corrected chi connectivity index (χ1v) is 3.56. The minimum atomic E-state index is 0.724. The molecule has 0 aromatic heterocycles. The van der Waals surface area contributed by atoms with Crippen LogP contribution in [0.1, 0.15) is 0 Å². The second-order valence-electron chi connectivity index (χ2n) is 1.62. The van der Waals surface area contributed by atoms with Crippen molar-refractivity contribution in [1.82, 2.24) is 0 Å². The zero-order chi connectivity index (χ0) is 6.69. The van der Waals surface area contributed by atoms with Crippen LogP contribution < -0.4 is 5.48 Å². The average Bonchev–Trinajstić information content (AvgIpc) is 1.88. The summed E-state index contributed by atoms with van der Waals surface area (Å²) in [5, 5.41) is 8.41. The second-order valence-corrected chi connectivity index (χ2v) is 2.87. The summed E-state index contributed by atoms with van der Waals surface area (Å²) in [5.74, 6) is 0. The van der Waals surface area contributed by atoms with Gasteiger partial charge in [0.05, 0.1) is 5.69 Å². The first-order chi connectivity index (χ1) is 4.33. The second kappa shape index (κ2) is 3.03. The highest BCUT2D eigenvalue weighted by Gasteiger charge is 1.87. The molecule has 48 valence electrons. The standard InChI is InChI=1S/C6H6INO/c7-5-2-1-3-6(4-5)8-9/h1-4,8-9H. The van der Waals surface area contributed by atoms with Crippen molar-refractivity contribution in [3.63, 3.8) is 0 Å². The van der Waals surface area contributed by atoms with E-state index >= 15 is 0 Å². The van der Waals surface area contributed by atoms with Gasteiger partial charge in [0.25, 0.3) is 0 Å². The Hall–Kier alpha value is -0.290. The van der Waals surface area contributed by atoms with Gasteiger partial charge < -0.3 is 0 Å². The summed E-state index contributed by atoms with van der Waals surface area (Å²) in [4.78, 5) is 0. The number of rotatable bonds is 1. The summed E-state index contributed by atoms with van der Waals surface area (Å²) in [6.07, 6.45) is 0. The zero-order valence-electron chi connectivity index (χ0n) is 4.63. The van der Waals surface area contributed by atoms with E-state index in [-0.39, 0.29) is 0 Å². The van der Waals surface area contributed by atoms with Crippen molar-refractivity contribution >= 4 is 28.3 Å². The fraction of sp³-hybridized carbons (Fsp3) is 0. The summed E-state index contributed by atoms with van der Waals surface area (Å²) in [6, 6.07) is 7.48. The molecule has 0 heterocycles. The van der Waals surface area contributed by atoms with Crippen LogP contribution in [0.2, 0.25) is 0 Å². The average molecular weight is 235 g/mol. The molecule has 0 aliphatic heterocycles. The normalized spacial score (nSPS) is 9.11. The van der Waals surface area contributed by atoms with Crippen molar-refractivity contribution in [3.05, 3.63) is 27.8 Å². The maximum atomic E-state index is 8.41. The van der Waals surface area contributed by atoms with E-state index in [0.717, 1.165) is 9.26 Å². The molecule has 0 fully saturated rings. The predicted molar refractivity (Wildman–Crippen MR) is 44.6 cm³/mol. The van der Waals surface area contributed by atoms with Crippen molar-refractivity contribution in [3.8, 4) is 0 Å². The summed E-state index contributed by atoms with van der Waals surface area (Å²) >= 11 is 2.18. The molecule has 0 radical (unpaired) electrons. The summed E-state index contributed by atoms with van der Waals surface area (Å²) < 4.78 is 1.10. The summed E-state index contributed by atoms with van der Waals surface area (Å²) in [6.45, 7) is 0. The molecule has 9 heavy (non-hydrogen) atoms. The number of halogens is 1. The van der Waals surface area contributed by atoms with Gasteiger partial charge in [-0.15, -0.1) is 0 Å². The third-order valence-electron chi connectivity index (χ3n) is 0.954. The molecule has 0 aliphatic rings. The molecule has 0 unspecified atom stereocenters. The van der Waals surface area contributed by atoms with E-state index in [1.165, 1.54) is 0 Å². The lowest BCUT2D eigenvalue weighted by Crippen LogP contribution is -1.87. The van der Waals surface area contributed by atoms with E-state index in [4.69, 9.17) is 5.21 Å². The van der Waals surface area contributed by atoms with E-state index in [2.05, 4.69) is 28.1 Å². The molecule has 0 atom stereocenters. The molecular formula is C6H6INO. The van der Waals surface area contributed by atoms with Gasteiger partial charge in [-0.05, 0) is 40.8 Å². The number of benzene rings is 1. The topological polar surface area (TPSA) is 32.3 Å². The van der Waals surface area contributed by atoms with Crippen LogP contribution in [0.5, 0.6) is 0 Å². The van der Waals surface area contributed by atoms with Gasteiger partial charge in [-0.25, -0.2) is 0 Å². The Balaban J connectivity index is 2.94. The summed E-state index contributed by atoms with van der Waals surface area (Å²) in [5.41, 5.74) is 2.79. The molecule has 1 rings (SSSR count). The van der Waals surface area contributed by atoms with Crippen molar-refractivity contribution in [2.24, 2.45) is 0 Å². The number of anilines is 1. The molecule has 0 saturated carbocycles. The van der Waals surface area contributed by atoms with Crippen molar-refractivity contribution < 1.29 is 5.21 Å². The van der Waals surface area contributed by atoms with Crippen molar-refractivity contribution in [2.75, 3.05) is 5.48 Å². The quantitative estimate of drug-likeness (QED) is 0.577. The Kier molecular flexibility index (Phi) is 2.29. The molecule has 0 amide bonds. The monoisotopic (exact) mass is 235 g/mol. The molecule has 1 aromatic rings. The molecule has 2 N–H and O–H groups in total. The van der Waals surface area contributed by atoms with Gasteiger partial charge in [0, 0.05) is 3.57 Å². The highest BCUT2D eigenvalue weighted by Crippen LogP contribution is 2.10. The van der Waals surface area contributed by atoms with E-state index in [0.29, 0.717) is 0 Å². The van der Waals surface area contributed by atoms with Crippen LogP contribution in [0.3, 0.4) is 0 Å². The maximum Gasteiger partial charge on any atom is 0.0612 e. The van der Waals surface area contributed by atoms with Crippen LogP contribution >= 0.6 is 22.6 Å². The number of hydrogen-bond donors (Lipinski definition) is 2. The largest absolute Gasteiger partial charge is 0.291 e. The predicted octanol–water partition coefficient (Wildman–Crippen LogP) is 2.09. The number of nitrogens with one attached hydrogen (secondary N) is 1. The highest BCUT2D eigenvalue weighted by molar-refractivity contribution is 14.1. The molecule has 2 nitrogen and oxygen atoms in total. The molecule has 3 heteroatoms. The Labute approximate surface area is 67.0 Å². The lowest BCUT2D eigenvalue weighted by atomic mass is 10.3. The minimum absolute atomic E-state index is 0.724. The molecular weight excluding hydrogens is 229 g/mol. The molecule has 0 bridgehead atoms. The zero-order valence-corrected chi connectivity index (χ0v) is 6.79. The fourth-order valence-electron chi connectivity index (χ4n) is 0.558. The van der Waals surface area contributed by atoms with Gasteiger partial charge in [-0.1, -0.05) is 6.07 Å². The lowest BCUT2D eigenvalue weighted by Gasteiger charge is -1.96. The first kappa shape index (κ1) is 6.82. The summed E-state index contributed by atoms with van der Waals surface area (Å²) in [7, 11) is 0. The van der Waals surface area contributed by atoms with Gasteiger partial charge in [-0.2, -0.15) is 0 Å². The van der Waals surface area contributed by atoms with Crippen LogP contribution in [0.4, 0.5) is 5.69 Å². The molecule has 0 saturated heterocycles. The Morgan fingerprint density at radius 3 is 2.67 bits per heavy atom. The van der Waals surface area contributed by atoms with Crippen molar-refractivity contribution in [1.29, 1.82) is 0 Å². The SMILES string of the molecule is ONc1cccc(I)c1. The van der Waals surface area contributed by atoms with Crippen LogP contribution in [0, 0.1) is 3.57 Å². The van der Waals surface area contributed by atoms with Gasteiger partial charge in [0.2, 0.25) is 0 Å². The third-order valence-corrected chi connectivity index (χ3v) is 1.62.